The molecule has 0 radical (unpaired) electrons. The molecule has 0 unspecified atom stereocenters. The maximum atomic E-state index is 10.8. The Labute approximate surface area is 123 Å². The first-order valence-corrected chi connectivity index (χ1v) is 6.66. The lowest BCUT2D eigenvalue weighted by Crippen LogP contribution is -1.96. The number of nitro groups is 1. The number of nitrogens with zero attached hydrogens (tertiary/aromatic N) is 3. The molecule has 0 spiro atoms. The summed E-state index contributed by atoms with van der Waals surface area (Å²) < 4.78 is 4.90. The second kappa shape index (κ2) is 6.18. The lowest BCUT2D eigenvalue weighted by molar-refractivity contribution is -0.385. The summed E-state index contributed by atoms with van der Waals surface area (Å²) in [5, 5.41) is 27.1. The Hall–Kier alpha value is -2.68. The second-order valence-electron chi connectivity index (χ2n) is 4.01. The molecular formula is C12H12N4O4S. The van der Waals surface area contributed by atoms with Gasteiger partial charge in [-0.2, -0.15) is 5.10 Å². The van der Waals surface area contributed by atoms with Crippen LogP contribution in [0.1, 0.15) is 11.3 Å². The third-order valence-electron chi connectivity index (χ3n) is 2.50. The largest absolute Gasteiger partial charge is 0.504 e. The molecule has 2 aromatic rings. The van der Waals surface area contributed by atoms with Gasteiger partial charge in [-0.25, -0.2) is 4.98 Å². The molecule has 0 saturated carbocycles. The highest BCUT2D eigenvalue weighted by atomic mass is 32.1. The first kappa shape index (κ1) is 14.7. The predicted octanol–water partition coefficient (Wildman–Crippen LogP) is 2.52. The predicted molar refractivity (Wildman–Crippen MR) is 79.4 cm³/mol. The minimum absolute atomic E-state index is 0.00995. The zero-order valence-electron chi connectivity index (χ0n) is 11.2. The van der Waals surface area contributed by atoms with Crippen molar-refractivity contribution in [1.82, 2.24) is 4.98 Å². The van der Waals surface area contributed by atoms with E-state index in [0.717, 1.165) is 11.8 Å². The van der Waals surface area contributed by atoms with Gasteiger partial charge in [0.2, 0.25) is 5.13 Å². The van der Waals surface area contributed by atoms with Crippen LogP contribution < -0.4 is 10.2 Å². The number of non-ortho nitro benzene ring substituents is 1. The molecule has 0 saturated heterocycles. The van der Waals surface area contributed by atoms with E-state index in [-0.39, 0.29) is 22.7 Å². The summed E-state index contributed by atoms with van der Waals surface area (Å²) in [5.41, 5.74) is 3.51. The number of thiazole rings is 1. The molecular weight excluding hydrogens is 296 g/mol. The van der Waals surface area contributed by atoms with Crippen LogP contribution in [0.15, 0.2) is 22.6 Å². The maximum Gasteiger partial charge on any atom is 0.274 e. The second-order valence-corrected chi connectivity index (χ2v) is 4.87. The van der Waals surface area contributed by atoms with Crippen LogP contribution in [0.4, 0.5) is 10.8 Å². The fraction of sp³-hybridized carbons (Fsp3) is 0.167. The number of hydrogen-bond acceptors (Lipinski definition) is 8. The van der Waals surface area contributed by atoms with Crippen molar-refractivity contribution in [3.05, 3.63) is 38.9 Å². The van der Waals surface area contributed by atoms with Crippen LogP contribution in [0.2, 0.25) is 0 Å². The number of anilines is 1. The summed E-state index contributed by atoms with van der Waals surface area (Å²) in [6.07, 6.45) is 1.27. The van der Waals surface area contributed by atoms with Crippen molar-refractivity contribution in [2.45, 2.75) is 6.92 Å². The van der Waals surface area contributed by atoms with E-state index in [0.29, 0.717) is 5.13 Å². The molecule has 1 heterocycles. The number of hydrazone groups is 1. The number of nitrogens with one attached hydrogen (secondary N) is 1. The zero-order chi connectivity index (χ0) is 15.4. The highest BCUT2D eigenvalue weighted by molar-refractivity contribution is 7.13. The molecule has 2 rings (SSSR count). The number of hydrogen-bond donors (Lipinski definition) is 2. The summed E-state index contributed by atoms with van der Waals surface area (Å²) in [4.78, 5) is 14.4. The highest BCUT2D eigenvalue weighted by Gasteiger charge is 2.15. The van der Waals surface area contributed by atoms with Crippen LogP contribution in [0.25, 0.3) is 0 Å². The van der Waals surface area contributed by atoms with Gasteiger partial charge in [0.15, 0.2) is 11.5 Å². The number of methoxy groups -OCH3 is 1. The van der Waals surface area contributed by atoms with E-state index in [1.54, 1.807) is 0 Å². The number of aromatic hydroxyl groups is 1. The van der Waals surface area contributed by atoms with Crippen molar-refractivity contribution in [3.8, 4) is 11.5 Å². The number of aryl methyl sites for hydroxylation is 1. The average Bonchev–Trinajstić information content (AvgIpc) is 2.86. The minimum Gasteiger partial charge on any atom is -0.504 e. The van der Waals surface area contributed by atoms with Gasteiger partial charge in [0.05, 0.1) is 30.0 Å². The standard InChI is InChI=1S/C12H12N4O4S/c1-7-6-21-12(14-7)15-13-5-8-3-9(16(18)19)4-10(20-2)11(8)17/h3-6,17H,1-2H3,(H,14,15). The van der Waals surface area contributed by atoms with E-state index >= 15 is 0 Å². The van der Waals surface area contributed by atoms with Gasteiger partial charge >= 0.3 is 0 Å². The van der Waals surface area contributed by atoms with E-state index < -0.39 is 4.92 Å². The van der Waals surface area contributed by atoms with Gasteiger partial charge in [-0.15, -0.1) is 11.3 Å². The Morgan fingerprint density at radius 3 is 2.90 bits per heavy atom. The van der Waals surface area contributed by atoms with Gasteiger partial charge in [-0.05, 0) is 6.92 Å². The van der Waals surface area contributed by atoms with Crippen LogP contribution in [0, 0.1) is 17.0 Å². The minimum atomic E-state index is -0.573. The Morgan fingerprint density at radius 1 is 1.57 bits per heavy atom. The van der Waals surface area contributed by atoms with E-state index in [1.807, 2.05) is 12.3 Å². The number of ether oxygens (including phenoxy) is 1. The lowest BCUT2D eigenvalue weighted by atomic mass is 10.2. The van der Waals surface area contributed by atoms with E-state index in [9.17, 15) is 15.2 Å². The smallest absolute Gasteiger partial charge is 0.274 e. The monoisotopic (exact) mass is 308 g/mol. The van der Waals surface area contributed by atoms with Gasteiger partial charge in [0.1, 0.15) is 0 Å². The van der Waals surface area contributed by atoms with Crippen molar-refractivity contribution < 1.29 is 14.8 Å². The highest BCUT2D eigenvalue weighted by Crippen LogP contribution is 2.33. The van der Waals surface area contributed by atoms with Crippen LogP contribution in [0.5, 0.6) is 11.5 Å². The molecule has 9 heteroatoms. The number of benzene rings is 1. The van der Waals surface area contributed by atoms with Gasteiger partial charge < -0.3 is 9.84 Å². The molecule has 1 aromatic heterocycles. The van der Waals surface area contributed by atoms with Crippen LogP contribution >= 0.6 is 11.3 Å². The fourth-order valence-electron chi connectivity index (χ4n) is 1.54. The molecule has 0 fully saturated rings. The normalized spacial score (nSPS) is 10.8. The molecule has 0 aliphatic heterocycles. The molecule has 0 amide bonds. The molecule has 2 N–H and O–H groups in total. The van der Waals surface area contributed by atoms with Crippen LogP contribution in [0.3, 0.4) is 0 Å². The van der Waals surface area contributed by atoms with Crippen molar-refractivity contribution in [2.75, 3.05) is 12.5 Å². The van der Waals surface area contributed by atoms with Gasteiger partial charge in [0, 0.05) is 17.0 Å². The molecule has 0 atom stereocenters. The number of phenols is 1. The van der Waals surface area contributed by atoms with Gasteiger partial charge in [-0.1, -0.05) is 0 Å². The Kier molecular flexibility index (Phi) is 4.33. The fourth-order valence-corrected chi connectivity index (χ4v) is 2.17. The summed E-state index contributed by atoms with van der Waals surface area (Å²) >= 11 is 1.37. The Morgan fingerprint density at radius 2 is 2.33 bits per heavy atom. The van der Waals surface area contributed by atoms with Crippen LogP contribution in [-0.4, -0.2) is 28.3 Å². The third kappa shape index (κ3) is 3.45. The molecule has 21 heavy (non-hydrogen) atoms. The molecule has 110 valence electrons. The summed E-state index contributed by atoms with van der Waals surface area (Å²) in [5.74, 6) is -0.209. The molecule has 1 aromatic carbocycles. The zero-order valence-corrected chi connectivity index (χ0v) is 12.0. The Balaban J connectivity index is 2.25. The number of phenolic OH excluding ortho intramolecular Hbond substituents is 1. The Bertz CT molecular complexity index is 699. The quantitative estimate of drug-likeness (QED) is 0.499. The summed E-state index contributed by atoms with van der Waals surface area (Å²) in [6.45, 7) is 1.85. The first-order valence-electron chi connectivity index (χ1n) is 5.78. The summed E-state index contributed by atoms with van der Waals surface area (Å²) in [7, 11) is 1.32. The molecule has 0 aliphatic rings. The maximum absolute atomic E-state index is 10.8. The van der Waals surface area contributed by atoms with E-state index in [4.69, 9.17) is 4.74 Å². The molecule has 0 bridgehead atoms. The van der Waals surface area contributed by atoms with Crippen molar-refractivity contribution >= 4 is 28.4 Å². The van der Waals surface area contributed by atoms with E-state index in [1.165, 1.54) is 30.7 Å². The van der Waals surface area contributed by atoms with Gasteiger partial charge in [-0.3, -0.25) is 15.5 Å². The number of rotatable bonds is 5. The topological polar surface area (TPSA) is 110 Å². The van der Waals surface area contributed by atoms with Crippen LogP contribution in [-0.2, 0) is 0 Å². The SMILES string of the molecule is COc1cc([N+](=O)[O-])cc(C=NNc2nc(C)cs2)c1O. The van der Waals surface area contributed by atoms with E-state index in [2.05, 4.69) is 15.5 Å². The number of nitro benzene ring substituents is 1. The van der Waals surface area contributed by atoms with Crippen molar-refractivity contribution in [1.29, 1.82) is 0 Å². The molecule has 8 nitrogen and oxygen atoms in total. The van der Waals surface area contributed by atoms with Crippen molar-refractivity contribution in [3.63, 3.8) is 0 Å². The van der Waals surface area contributed by atoms with Gasteiger partial charge in [0.25, 0.3) is 5.69 Å². The first-order chi connectivity index (χ1) is 10.0. The average molecular weight is 308 g/mol. The molecule has 0 aliphatic carbocycles. The van der Waals surface area contributed by atoms with Crippen molar-refractivity contribution in [2.24, 2.45) is 5.10 Å². The number of aromatic nitrogens is 1. The summed E-state index contributed by atoms with van der Waals surface area (Å²) in [6, 6.07) is 2.35. The lowest BCUT2D eigenvalue weighted by Gasteiger charge is -2.05. The third-order valence-corrected chi connectivity index (χ3v) is 3.37.